The third kappa shape index (κ3) is 5.81. The van der Waals surface area contributed by atoms with Gasteiger partial charge in [0.05, 0.1) is 36.4 Å². The fraction of sp³-hybridized carbons (Fsp3) is 0.273. The van der Waals surface area contributed by atoms with Gasteiger partial charge in [0.25, 0.3) is 0 Å². The van der Waals surface area contributed by atoms with Crippen LogP contribution in [-0.4, -0.2) is 47.2 Å². The molecule has 33 heavy (non-hydrogen) atoms. The highest BCUT2D eigenvalue weighted by atomic mass is 32.2. The molecule has 2 N–H and O–H groups in total. The highest BCUT2D eigenvalue weighted by Crippen LogP contribution is 2.38. The van der Waals surface area contributed by atoms with Gasteiger partial charge in [-0.05, 0) is 48.4 Å². The van der Waals surface area contributed by atoms with Crippen molar-refractivity contribution in [1.82, 2.24) is 9.71 Å². The third-order valence-corrected chi connectivity index (χ3v) is 6.95. The third-order valence-electron chi connectivity index (χ3n) is 4.56. The fourth-order valence-corrected chi connectivity index (χ4v) is 5.10. The van der Waals surface area contributed by atoms with Gasteiger partial charge in [-0.15, -0.1) is 0 Å². The number of hydrogen-bond donors (Lipinski definition) is 2. The molecular weight excluding hydrogens is 466 g/mol. The number of hydrogen-bond acceptors (Lipinski definition) is 8. The van der Waals surface area contributed by atoms with E-state index in [4.69, 9.17) is 14.2 Å². The van der Waals surface area contributed by atoms with Gasteiger partial charge in [-0.1, -0.05) is 18.3 Å². The predicted molar refractivity (Wildman–Crippen MR) is 129 cm³/mol. The average molecular weight is 492 g/mol. The Hall–Kier alpha value is -3.15. The lowest BCUT2D eigenvalue weighted by molar-refractivity contribution is -0.111. The largest absolute Gasteiger partial charge is 0.493 e. The summed E-state index contributed by atoms with van der Waals surface area (Å²) in [5.74, 6) is 1.02. The highest BCUT2D eigenvalue weighted by Gasteiger charge is 2.16. The summed E-state index contributed by atoms with van der Waals surface area (Å²) in [6.45, 7) is 2.25. The van der Waals surface area contributed by atoms with E-state index in [9.17, 15) is 13.2 Å². The van der Waals surface area contributed by atoms with Crippen LogP contribution in [0.15, 0.2) is 41.3 Å². The Morgan fingerprint density at radius 2 is 1.79 bits per heavy atom. The molecule has 0 aliphatic rings. The van der Waals surface area contributed by atoms with Crippen molar-refractivity contribution in [3.8, 4) is 17.2 Å². The average Bonchev–Trinajstić information content (AvgIpc) is 3.21. The minimum Gasteiger partial charge on any atom is -0.493 e. The van der Waals surface area contributed by atoms with Gasteiger partial charge in [0, 0.05) is 12.6 Å². The number of nitrogens with zero attached hydrogens (tertiary/aromatic N) is 1. The number of sulfonamides is 1. The van der Waals surface area contributed by atoms with E-state index in [-0.39, 0.29) is 10.8 Å². The lowest BCUT2D eigenvalue weighted by atomic mass is 10.1. The van der Waals surface area contributed by atoms with Crippen molar-refractivity contribution >= 4 is 48.7 Å². The topological polar surface area (TPSA) is 116 Å². The van der Waals surface area contributed by atoms with E-state index in [0.717, 1.165) is 0 Å². The summed E-state index contributed by atoms with van der Waals surface area (Å²) in [4.78, 5) is 16.9. The number of fused-ring (bicyclic) bond motifs is 1. The van der Waals surface area contributed by atoms with Crippen LogP contribution >= 0.6 is 11.3 Å². The molecule has 9 nitrogen and oxygen atoms in total. The van der Waals surface area contributed by atoms with Crippen molar-refractivity contribution in [2.45, 2.75) is 18.2 Å². The van der Waals surface area contributed by atoms with Gasteiger partial charge in [0.2, 0.25) is 21.7 Å². The molecule has 0 saturated heterocycles. The molecule has 0 unspecified atom stereocenters. The normalized spacial score (nSPS) is 11.6. The van der Waals surface area contributed by atoms with E-state index in [1.807, 2.05) is 6.92 Å². The Balaban J connectivity index is 1.76. The molecule has 0 spiro atoms. The molecule has 0 aliphatic heterocycles. The summed E-state index contributed by atoms with van der Waals surface area (Å²) in [6.07, 6.45) is 3.66. The van der Waals surface area contributed by atoms with Crippen LogP contribution in [0.4, 0.5) is 5.13 Å². The number of nitrogens with one attached hydrogen (secondary N) is 2. The molecule has 0 aliphatic carbocycles. The SMILES string of the molecule is CCCNS(=O)(=O)c1ccc2nc(NC(=O)/C=C\c3cc(OC)c(OC)c(OC)c3)sc2c1. The Labute approximate surface area is 196 Å². The summed E-state index contributed by atoms with van der Waals surface area (Å²) in [5.41, 5.74) is 1.27. The molecule has 1 heterocycles. The van der Waals surface area contributed by atoms with E-state index in [2.05, 4.69) is 15.0 Å². The number of aromatic nitrogens is 1. The molecule has 2 aromatic carbocycles. The second-order valence-electron chi connectivity index (χ2n) is 6.83. The molecule has 0 bridgehead atoms. The number of amides is 1. The molecule has 176 valence electrons. The zero-order valence-electron chi connectivity index (χ0n) is 18.7. The van der Waals surface area contributed by atoms with Crippen LogP contribution in [0.1, 0.15) is 18.9 Å². The second-order valence-corrected chi connectivity index (χ2v) is 9.63. The lowest BCUT2D eigenvalue weighted by Crippen LogP contribution is -2.24. The molecule has 0 atom stereocenters. The first-order chi connectivity index (χ1) is 15.8. The highest BCUT2D eigenvalue weighted by molar-refractivity contribution is 7.89. The van der Waals surface area contributed by atoms with Crippen molar-refractivity contribution in [2.24, 2.45) is 0 Å². The van der Waals surface area contributed by atoms with Gasteiger partial charge in [0.1, 0.15) is 0 Å². The fourth-order valence-electron chi connectivity index (χ4n) is 2.96. The maximum absolute atomic E-state index is 12.4. The quantitative estimate of drug-likeness (QED) is 0.416. The summed E-state index contributed by atoms with van der Waals surface area (Å²) in [6, 6.07) is 8.10. The van der Waals surface area contributed by atoms with E-state index in [1.165, 1.54) is 44.8 Å². The molecule has 0 fully saturated rings. The zero-order chi connectivity index (χ0) is 24.0. The predicted octanol–water partition coefficient (Wildman–Crippen LogP) is 3.66. The molecule has 1 amide bonds. The standard InChI is InChI=1S/C22H25N3O6S2/c1-5-10-23-33(27,28)15-7-8-16-19(13-15)32-22(24-16)25-20(26)9-6-14-11-17(29-2)21(31-4)18(12-14)30-3/h6-9,11-13,23H,5,10H2,1-4H3,(H,24,25,26)/b9-6-. The number of anilines is 1. The van der Waals surface area contributed by atoms with Crippen LogP contribution in [0.25, 0.3) is 16.3 Å². The molecule has 0 saturated carbocycles. The van der Waals surface area contributed by atoms with E-state index in [1.54, 1.807) is 30.3 Å². The maximum Gasteiger partial charge on any atom is 0.250 e. The molecule has 3 aromatic rings. The number of thiazole rings is 1. The van der Waals surface area contributed by atoms with Crippen molar-refractivity contribution in [1.29, 1.82) is 0 Å². The summed E-state index contributed by atoms with van der Waals surface area (Å²) >= 11 is 1.19. The number of carbonyl (C=O) groups is 1. The van der Waals surface area contributed by atoms with Crippen molar-refractivity contribution in [3.63, 3.8) is 0 Å². The summed E-state index contributed by atoms with van der Waals surface area (Å²) in [5, 5.41) is 3.06. The van der Waals surface area contributed by atoms with E-state index < -0.39 is 10.0 Å². The van der Waals surface area contributed by atoms with Crippen molar-refractivity contribution in [2.75, 3.05) is 33.2 Å². The van der Waals surface area contributed by atoms with Crippen molar-refractivity contribution in [3.05, 3.63) is 42.0 Å². The van der Waals surface area contributed by atoms with Crippen LogP contribution in [0.2, 0.25) is 0 Å². The Kier molecular flexibility index (Phi) is 7.90. The first-order valence-corrected chi connectivity index (χ1v) is 12.3. The summed E-state index contributed by atoms with van der Waals surface area (Å²) < 4.78 is 43.8. The number of ether oxygens (including phenoxy) is 3. The van der Waals surface area contributed by atoms with Crippen LogP contribution in [0, 0.1) is 0 Å². The number of rotatable bonds is 10. The van der Waals surface area contributed by atoms with Gasteiger partial charge in [-0.3, -0.25) is 10.1 Å². The molecule has 11 heteroatoms. The summed E-state index contributed by atoms with van der Waals surface area (Å²) in [7, 11) is 0.963. The Morgan fingerprint density at radius 1 is 1.09 bits per heavy atom. The van der Waals surface area contributed by atoms with Gasteiger partial charge in [0.15, 0.2) is 16.6 Å². The second kappa shape index (κ2) is 10.6. The smallest absolute Gasteiger partial charge is 0.250 e. The monoisotopic (exact) mass is 491 g/mol. The minimum atomic E-state index is -3.58. The van der Waals surface area contributed by atoms with Gasteiger partial charge in [-0.25, -0.2) is 18.1 Å². The van der Waals surface area contributed by atoms with Crippen LogP contribution in [0.5, 0.6) is 17.2 Å². The minimum absolute atomic E-state index is 0.160. The van der Waals surface area contributed by atoms with Crippen LogP contribution < -0.4 is 24.2 Å². The first kappa shape index (κ1) is 24.5. The van der Waals surface area contributed by atoms with Gasteiger partial charge >= 0.3 is 0 Å². The number of carbonyl (C=O) groups excluding carboxylic acids is 1. The van der Waals surface area contributed by atoms with Gasteiger partial charge in [-0.2, -0.15) is 0 Å². The molecule has 1 aromatic heterocycles. The van der Waals surface area contributed by atoms with Crippen molar-refractivity contribution < 1.29 is 27.4 Å². The first-order valence-electron chi connectivity index (χ1n) is 10.0. The number of benzene rings is 2. The van der Waals surface area contributed by atoms with Crippen LogP contribution in [0.3, 0.4) is 0 Å². The molecule has 3 rings (SSSR count). The van der Waals surface area contributed by atoms with Crippen LogP contribution in [-0.2, 0) is 14.8 Å². The zero-order valence-corrected chi connectivity index (χ0v) is 20.3. The van der Waals surface area contributed by atoms with Gasteiger partial charge < -0.3 is 14.2 Å². The number of methoxy groups -OCH3 is 3. The van der Waals surface area contributed by atoms with E-state index >= 15 is 0 Å². The molecule has 0 radical (unpaired) electrons. The Bertz CT molecular complexity index is 1260. The molecular formula is C22H25N3O6S2. The van der Waals surface area contributed by atoms with E-state index in [0.29, 0.717) is 51.1 Å². The Morgan fingerprint density at radius 3 is 2.39 bits per heavy atom. The maximum atomic E-state index is 12.4. The lowest BCUT2D eigenvalue weighted by Gasteiger charge is -2.12.